The van der Waals surface area contributed by atoms with Crippen LogP contribution in [0.15, 0.2) is 29.2 Å². The standard InChI is InChI=1S/C12H13N3O2/c1-8-3-4-10(13-6-8)12-14-9(7-17-2)5-11(16)15-12/h3-6H,7H2,1-2H3,(H,14,15,16). The number of aromatic amines is 1. The van der Waals surface area contributed by atoms with Crippen molar-refractivity contribution in [1.82, 2.24) is 15.0 Å². The molecule has 0 amide bonds. The molecule has 0 atom stereocenters. The third-order valence-electron chi connectivity index (χ3n) is 2.24. The molecule has 0 aliphatic rings. The van der Waals surface area contributed by atoms with Gasteiger partial charge in [0, 0.05) is 19.4 Å². The molecule has 0 aromatic carbocycles. The molecule has 0 saturated heterocycles. The molecule has 1 N–H and O–H groups in total. The highest BCUT2D eigenvalue weighted by molar-refractivity contribution is 5.48. The van der Waals surface area contributed by atoms with Crippen molar-refractivity contribution in [2.24, 2.45) is 0 Å². The minimum Gasteiger partial charge on any atom is -0.378 e. The first-order chi connectivity index (χ1) is 8.19. The second-order valence-electron chi connectivity index (χ2n) is 3.74. The lowest BCUT2D eigenvalue weighted by Crippen LogP contribution is -2.11. The van der Waals surface area contributed by atoms with E-state index in [9.17, 15) is 4.79 Å². The van der Waals surface area contributed by atoms with Crippen molar-refractivity contribution >= 4 is 0 Å². The number of nitrogens with one attached hydrogen (secondary N) is 1. The zero-order valence-corrected chi connectivity index (χ0v) is 9.73. The summed E-state index contributed by atoms with van der Waals surface area (Å²) in [7, 11) is 1.56. The number of H-pyrrole nitrogens is 1. The van der Waals surface area contributed by atoms with E-state index >= 15 is 0 Å². The smallest absolute Gasteiger partial charge is 0.251 e. The van der Waals surface area contributed by atoms with Crippen LogP contribution in [0, 0.1) is 6.92 Å². The van der Waals surface area contributed by atoms with Crippen LogP contribution in [-0.2, 0) is 11.3 Å². The maximum atomic E-state index is 11.4. The van der Waals surface area contributed by atoms with Crippen LogP contribution in [0.1, 0.15) is 11.3 Å². The quantitative estimate of drug-likeness (QED) is 0.864. The van der Waals surface area contributed by atoms with Crippen molar-refractivity contribution in [3.8, 4) is 11.5 Å². The monoisotopic (exact) mass is 231 g/mol. The Bertz CT molecular complexity index is 561. The largest absolute Gasteiger partial charge is 0.378 e. The summed E-state index contributed by atoms with van der Waals surface area (Å²) in [6.45, 7) is 2.26. The number of nitrogens with zero attached hydrogens (tertiary/aromatic N) is 2. The van der Waals surface area contributed by atoms with Crippen molar-refractivity contribution < 1.29 is 4.74 Å². The van der Waals surface area contributed by atoms with Gasteiger partial charge < -0.3 is 9.72 Å². The number of hydrogen-bond donors (Lipinski definition) is 1. The maximum Gasteiger partial charge on any atom is 0.251 e. The molecule has 2 aromatic rings. The van der Waals surface area contributed by atoms with E-state index in [-0.39, 0.29) is 5.56 Å². The van der Waals surface area contributed by atoms with Crippen LogP contribution < -0.4 is 5.56 Å². The molecule has 5 heteroatoms. The molecule has 2 aromatic heterocycles. The Labute approximate surface area is 98.5 Å². The summed E-state index contributed by atoms with van der Waals surface area (Å²) in [5, 5.41) is 0. The topological polar surface area (TPSA) is 67.9 Å². The number of aromatic nitrogens is 3. The van der Waals surface area contributed by atoms with Crippen LogP contribution in [-0.4, -0.2) is 22.1 Å². The molecule has 0 saturated carbocycles. The van der Waals surface area contributed by atoms with Gasteiger partial charge in [-0.3, -0.25) is 9.78 Å². The predicted octanol–water partition coefficient (Wildman–Crippen LogP) is 1.29. The van der Waals surface area contributed by atoms with Crippen molar-refractivity contribution in [3.05, 3.63) is 46.0 Å². The van der Waals surface area contributed by atoms with Gasteiger partial charge in [0.25, 0.3) is 5.56 Å². The maximum absolute atomic E-state index is 11.4. The lowest BCUT2D eigenvalue weighted by atomic mass is 10.2. The van der Waals surface area contributed by atoms with Gasteiger partial charge in [-0.05, 0) is 18.6 Å². The van der Waals surface area contributed by atoms with Gasteiger partial charge in [0.15, 0.2) is 5.82 Å². The van der Waals surface area contributed by atoms with E-state index in [0.29, 0.717) is 23.8 Å². The van der Waals surface area contributed by atoms with E-state index in [4.69, 9.17) is 4.74 Å². The van der Waals surface area contributed by atoms with Crippen LogP contribution in [0.5, 0.6) is 0 Å². The number of rotatable bonds is 3. The number of ether oxygens (including phenoxy) is 1. The van der Waals surface area contributed by atoms with Crippen molar-refractivity contribution in [2.45, 2.75) is 13.5 Å². The van der Waals surface area contributed by atoms with E-state index in [1.165, 1.54) is 6.07 Å². The second kappa shape index (κ2) is 4.88. The number of pyridine rings is 1. The van der Waals surface area contributed by atoms with Gasteiger partial charge in [0.2, 0.25) is 0 Å². The first kappa shape index (κ1) is 11.5. The lowest BCUT2D eigenvalue weighted by molar-refractivity contribution is 0.181. The van der Waals surface area contributed by atoms with Gasteiger partial charge in [-0.15, -0.1) is 0 Å². The molecule has 0 bridgehead atoms. The number of methoxy groups -OCH3 is 1. The summed E-state index contributed by atoms with van der Waals surface area (Å²) in [4.78, 5) is 22.6. The minimum atomic E-state index is -0.204. The predicted molar refractivity (Wildman–Crippen MR) is 63.5 cm³/mol. The van der Waals surface area contributed by atoms with Gasteiger partial charge >= 0.3 is 0 Å². The fourth-order valence-corrected chi connectivity index (χ4v) is 1.46. The number of aryl methyl sites for hydroxylation is 1. The van der Waals surface area contributed by atoms with Crippen LogP contribution in [0.4, 0.5) is 0 Å². The van der Waals surface area contributed by atoms with E-state index < -0.39 is 0 Å². The van der Waals surface area contributed by atoms with Gasteiger partial charge in [0.05, 0.1) is 12.3 Å². The molecular weight excluding hydrogens is 218 g/mol. The van der Waals surface area contributed by atoms with Crippen LogP contribution in [0.3, 0.4) is 0 Å². The highest BCUT2D eigenvalue weighted by Crippen LogP contribution is 2.10. The summed E-state index contributed by atoms with van der Waals surface area (Å²) in [5.41, 5.74) is 2.09. The fraction of sp³-hybridized carbons (Fsp3) is 0.250. The molecule has 88 valence electrons. The Morgan fingerprint density at radius 2 is 2.24 bits per heavy atom. The summed E-state index contributed by atoms with van der Waals surface area (Å²) >= 11 is 0. The van der Waals surface area contributed by atoms with E-state index in [1.54, 1.807) is 13.3 Å². The molecule has 0 unspecified atom stereocenters. The number of hydrogen-bond acceptors (Lipinski definition) is 4. The molecular formula is C12H13N3O2. The molecule has 17 heavy (non-hydrogen) atoms. The molecule has 0 aliphatic heterocycles. The Kier molecular flexibility index (Phi) is 3.30. The van der Waals surface area contributed by atoms with Gasteiger partial charge in [-0.25, -0.2) is 4.98 Å². The SMILES string of the molecule is COCc1cc(=O)[nH]c(-c2ccc(C)cn2)n1. The molecule has 5 nitrogen and oxygen atoms in total. The normalized spacial score (nSPS) is 10.5. The zero-order valence-electron chi connectivity index (χ0n) is 9.73. The zero-order chi connectivity index (χ0) is 12.3. The third-order valence-corrected chi connectivity index (χ3v) is 2.24. The molecule has 0 aliphatic carbocycles. The molecule has 0 radical (unpaired) electrons. The van der Waals surface area contributed by atoms with Gasteiger partial charge in [-0.2, -0.15) is 0 Å². The van der Waals surface area contributed by atoms with E-state index in [0.717, 1.165) is 5.56 Å². The Balaban J connectivity index is 2.44. The summed E-state index contributed by atoms with van der Waals surface area (Å²) in [6, 6.07) is 5.16. The highest BCUT2D eigenvalue weighted by Gasteiger charge is 2.04. The molecule has 2 rings (SSSR count). The second-order valence-corrected chi connectivity index (χ2v) is 3.74. The average molecular weight is 231 g/mol. The van der Waals surface area contributed by atoms with Crippen molar-refractivity contribution in [3.63, 3.8) is 0 Å². The van der Waals surface area contributed by atoms with Crippen molar-refractivity contribution in [2.75, 3.05) is 7.11 Å². The molecule has 2 heterocycles. The van der Waals surface area contributed by atoms with Gasteiger partial charge in [-0.1, -0.05) is 6.07 Å². The lowest BCUT2D eigenvalue weighted by Gasteiger charge is -2.03. The minimum absolute atomic E-state index is 0.204. The fourth-order valence-electron chi connectivity index (χ4n) is 1.46. The Hall–Kier alpha value is -2.01. The highest BCUT2D eigenvalue weighted by atomic mass is 16.5. The van der Waals surface area contributed by atoms with Crippen molar-refractivity contribution in [1.29, 1.82) is 0 Å². The van der Waals surface area contributed by atoms with Crippen LogP contribution >= 0.6 is 0 Å². The third kappa shape index (κ3) is 2.76. The van der Waals surface area contributed by atoms with Gasteiger partial charge in [0.1, 0.15) is 5.69 Å². The Morgan fingerprint density at radius 3 is 2.88 bits per heavy atom. The summed E-state index contributed by atoms with van der Waals surface area (Å²) in [5.74, 6) is 0.463. The van der Waals surface area contributed by atoms with Crippen LogP contribution in [0.2, 0.25) is 0 Å². The molecule has 0 fully saturated rings. The first-order valence-electron chi connectivity index (χ1n) is 5.21. The average Bonchev–Trinajstić information content (AvgIpc) is 2.29. The first-order valence-corrected chi connectivity index (χ1v) is 5.21. The van der Waals surface area contributed by atoms with Crippen LogP contribution in [0.25, 0.3) is 11.5 Å². The molecule has 0 spiro atoms. The summed E-state index contributed by atoms with van der Waals surface area (Å²) < 4.78 is 4.96. The van der Waals surface area contributed by atoms with E-state index in [1.807, 2.05) is 19.1 Å². The summed E-state index contributed by atoms with van der Waals surface area (Å²) in [6.07, 6.45) is 1.73. The Morgan fingerprint density at radius 1 is 1.41 bits per heavy atom. The van der Waals surface area contributed by atoms with E-state index in [2.05, 4.69) is 15.0 Å².